The minimum absolute atomic E-state index is 0.0954. The summed E-state index contributed by atoms with van der Waals surface area (Å²) in [7, 11) is 0. The highest BCUT2D eigenvalue weighted by Gasteiger charge is 2.11. The molecule has 21 heavy (non-hydrogen) atoms. The van der Waals surface area contributed by atoms with Gasteiger partial charge in [-0.1, -0.05) is 18.2 Å². The Morgan fingerprint density at radius 3 is 2.19 bits per heavy atom. The number of benzene rings is 1. The number of nitrogens with one attached hydrogen (secondary N) is 1. The molecule has 112 valence electrons. The summed E-state index contributed by atoms with van der Waals surface area (Å²) in [6, 6.07) is 10.2. The lowest BCUT2D eigenvalue weighted by molar-refractivity contribution is 0.423. The molecule has 0 aliphatic heterocycles. The third-order valence-corrected chi connectivity index (χ3v) is 3.14. The first-order chi connectivity index (χ1) is 9.99. The van der Waals surface area contributed by atoms with Gasteiger partial charge in [-0.2, -0.15) is 0 Å². The number of hydrogen-bond donors (Lipinski definition) is 1. The van der Waals surface area contributed by atoms with Gasteiger partial charge < -0.3 is 10.2 Å². The third-order valence-electron chi connectivity index (χ3n) is 3.14. The van der Waals surface area contributed by atoms with Gasteiger partial charge >= 0.3 is 0 Å². The van der Waals surface area contributed by atoms with Crippen LogP contribution >= 0.6 is 0 Å². The predicted octanol–water partition coefficient (Wildman–Crippen LogP) is 3.52. The molecule has 0 bridgehead atoms. The summed E-state index contributed by atoms with van der Waals surface area (Å²) in [6.07, 6.45) is 3.79. The van der Waals surface area contributed by atoms with Crippen LogP contribution in [0.25, 0.3) is 0 Å². The molecule has 0 saturated heterocycles. The summed E-state index contributed by atoms with van der Waals surface area (Å²) < 4.78 is 0. The molecule has 0 fully saturated rings. The van der Waals surface area contributed by atoms with Crippen LogP contribution < -0.4 is 10.2 Å². The third kappa shape index (κ3) is 4.53. The number of aromatic nitrogens is 2. The van der Waals surface area contributed by atoms with Gasteiger partial charge in [0, 0.05) is 42.3 Å². The lowest BCUT2D eigenvalue weighted by Crippen LogP contribution is -2.35. The Morgan fingerprint density at radius 1 is 1.05 bits per heavy atom. The van der Waals surface area contributed by atoms with Crippen molar-refractivity contribution in [3.63, 3.8) is 0 Å². The van der Waals surface area contributed by atoms with E-state index in [9.17, 15) is 0 Å². The summed E-state index contributed by atoms with van der Waals surface area (Å²) in [5, 5.41) is 3.44. The van der Waals surface area contributed by atoms with E-state index in [0.717, 1.165) is 30.3 Å². The van der Waals surface area contributed by atoms with Crippen molar-refractivity contribution in [1.29, 1.82) is 0 Å². The van der Waals surface area contributed by atoms with Gasteiger partial charge in [0.15, 0.2) is 0 Å². The number of rotatable bonds is 5. The van der Waals surface area contributed by atoms with E-state index in [2.05, 4.69) is 60.0 Å². The van der Waals surface area contributed by atoms with Gasteiger partial charge in [0.25, 0.3) is 0 Å². The topological polar surface area (TPSA) is 41.1 Å². The molecule has 2 aromatic rings. The minimum Gasteiger partial charge on any atom is -0.311 e. The van der Waals surface area contributed by atoms with Crippen molar-refractivity contribution in [2.75, 3.05) is 11.4 Å². The summed E-state index contributed by atoms with van der Waals surface area (Å²) >= 11 is 0. The van der Waals surface area contributed by atoms with E-state index in [1.165, 1.54) is 0 Å². The van der Waals surface area contributed by atoms with E-state index in [1.807, 2.05) is 30.6 Å². The van der Waals surface area contributed by atoms with Crippen molar-refractivity contribution in [2.45, 2.75) is 39.8 Å². The van der Waals surface area contributed by atoms with Crippen LogP contribution in [-0.4, -0.2) is 22.1 Å². The standard InChI is InChI=1S/C17H24N4/c1-5-21(15-9-7-6-8-10-15)16-18-11-14(12-19-16)13-20-17(2,3)4/h6-12,20H,5,13H2,1-4H3. The molecule has 0 aliphatic carbocycles. The van der Waals surface area contributed by atoms with Crippen LogP contribution in [0.15, 0.2) is 42.7 Å². The van der Waals surface area contributed by atoms with E-state index in [1.54, 1.807) is 0 Å². The summed E-state index contributed by atoms with van der Waals surface area (Å²) in [5.74, 6) is 0.739. The Bertz CT molecular complexity index is 543. The second kappa shape index (κ2) is 6.68. The average Bonchev–Trinajstić information content (AvgIpc) is 2.47. The molecule has 0 radical (unpaired) electrons. The molecule has 0 saturated carbocycles. The first kappa shape index (κ1) is 15.4. The van der Waals surface area contributed by atoms with Gasteiger partial charge in [0.2, 0.25) is 5.95 Å². The Morgan fingerprint density at radius 2 is 1.67 bits per heavy atom. The van der Waals surface area contributed by atoms with Crippen molar-refractivity contribution in [1.82, 2.24) is 15.3 Å². The largest absolute Gasteiger partial charge is 0.311 e. The van der Waals surface area contributed by atoms with Crippen LogP contribution in [0.1, 0.15) is 33.3 Å². The fourth-order valence-corrected chi connectivity index (χ4v) is 1.99. The van der Waals surface area contributed by atoms with Gasteiger partial charge in [-0.05, 0) is 39.8 Å². The summed E-state index contributed by atoms with van der Waals surface area (Å²) in [6.45, 7) is 10.2. The highest BCUT2D eigenvalue weighted by atomic mass is 15.2. The lowest BCUT2D eigenvalue weighted by Gasteiger charge is -2.22. The minimum atomic E-state index is 0.0954. The fraction of sp³-hybridized carbons (Fsp3) is 0.412. The highest BCUT2D eigenvalue weighted by Crippen LogP contribution is 2.20. The second-order valence-corrected chi connectivity index (χ2v) is 6.07. The molecular formula is C17H24N4. The smallest absolute Gasteiger partial charge is 0.229 e. The van der Waals surface area contributed by atoms with Crippen molar-refractivity contribution in [3.8, 4) is 0 Å². The molecule has 4 nitrogen and oxygen atoms in total. The van der Waals surface area contributed by atoms with Crippen molar-refractivity contribution < 1.29 is 0 Å². The fourth-order valence-electron chi connectivity index (χ4n) is 1.99. The summed E-state index contributed by atoms with van der Waals surface area (Å²) in [4.78, 5) is 11.1. The van der Waals surface area contributed by atoms with Crippen LogP contribution in [0.3, 0.4) is 0 Å². The molecule has 2 rings (SSSR count). The zero-order valence-electron chi connectivity index (χ0n) is 13.3. The van der Waals surface area contributed by atoms with E-state index >= 15 is 0 Å². The second-order valence-electron chi connectivity index (χ2n) is 6.07. The molecule has 0 atom stereocenters. The van der Waals surface area contributed by atoms with Gasteiger partial charge in [0.1, 0.15) is 0 Å². The molecule has 1 aromatic carbocycles. The Balaban J connectivity index is 2.10. The quantitative estimate of drug-likeness (QED) is 0.912. The average molecular weight is 284 g/mol. The van der Waals surface area contributed by atoms with Crippen molar-refractivity contribution in [3.05, 3.63) is 48.3 Å². The SMILES string of the molecule is CCN(c1ccccc1)c1ncc(CNC(C)(C)C)cn1. The van der Waals surface area contributed by atoms with Gasteiger partial charge in [-0.3, -0.25) is 0 Å². The van der Waals surface area contributed by atoms with Crippen LogP contribution in [-0.2, 0) is 6.54 Å². The highest BCUT2D eigenvalue weighted by molar-refractivity contribution is 5.56. The molecular weight excluding hydrogens is 260 g/mol. The number of nitrogens with zero attached hydrogens (tertiary/aromatic N) is 3. The van der Waals surface area contributed by atoms with E-state index in [4.69, 9.17) is 0 Å². The molecule has 0 amide bonds. The van der Waals surface area contributed by atoms with Crippen LogP contribution in [0.4, 0.5) is 11.6 Å². The normalized spacial score (nSPS) is 11.4. The monoisotopic (exact) mass is 284 g/mol. The summed E-state index contributed by atoms with van der Waals surface area (Å²) in [5.41, 5.74) is 2.30. The van der Waals surface area contributed by atoms with Crippen LogP contribution in [0.5, 0.6) is 0 Å². The Kier molecular flexibility index (Phi) is 4.91. The number of para-hydroxylation sites is 1. The van der Waals surface area contributed by atoms with Crippen molar-refractivity contribution >= 4 is 11.6 Å². The van der Waals surface area contributed by atoms with E-state index in [0.29, 0.717) is 0 Å². The van der Waals surface area contributed by atoms with Gasteiger partial charge in [0.05, 0.1) is 0 Å². The molecule has 1 heterocycles. The van der Waals surface area contributed by atoms with Gasteiger partial charge in [-0.15, -0.1) is 0 Å². The molecule has 1 aromatic heterocycles. The van der Waals surface area contributed by atoms with Crippen LogP contribution in [0, 0.1) is 0 Å². The maximum absolute atomic E-state index is 4.50. The Labute approximate surface area is 127 Å². The van der Waals surface area contributed by atoms with Crippen molar-refractivity contribution in [2.24, 2.45) is 0 Å². The molecule has 0 aliphatic rings. The number of anilines is 2. The molecule has 4 heteroatoms. The Hall–Kier alpha value is -1.94. The van der Waals surface area contributed by atoms with E-state index < -0.39 is 0 Å². The first-order valence-corrected chi connectivity index (χ1v) is 7.38. The zero-order valence-corrected chi connectivity index (χ0v) is 13.3. The van der Waals surface area contributed by atoms with Crippen LogP contribution in [0.2, 0.25) is 0 Å². The molecule has 0 unspecified atom stereocenters. The maximum atomic E-state index is 4.50. The van der Waals surface area contributed by atoms with E-state index in [-0.39, 0.29) is 5.54 Å². The molecule has 0 spiro atoms. The predicted molar refractivity (Wildman–Crippen MR) is 87.7 cm³/mol. The van der Waals surface area contributed by atoms with Gasteiger partial charge in [-0.25, -0.2) is 9.97 Å². The maximum Gasteiger partial charge on any atom is 0.229 e. The first-order valence-electron chi connectivity index (χ1n) is 7.38. The zero-order chi connectivity index (χ0) is 15.3. The molecule has 1 N–H and O–H groups in total. The lowest BCUT2D eigenvalue weighted by atomic mass is 10.1. The number of hydrogen-bond acceptors (Lipinski definition) is 4.